The highest BCUT2D eigenvalue weighted by atomic mass is 15.3. The molecule has 6 heteroatoms. The molecule has 0 atom stereocenters. The number of anilines is 1. The molecule has 0 fully saturated rings. The van der Waals surface area contributed by atoms with Crippen LogP contribution in [0.1, 0.15) is 11.1 Å². The van der Waals surface area contributed by atoms with Gasteiger partial charge in [0.15, 0.2) is 5.96 Å². The summed E-state index contributed by atoms with van der Waals surface area (Å²) in [5, 5.41) is 11.1. The van der Waals surface area contributed by atoms with E-state index in [1.54, 1.807) is 13.2 Å². The number of para-hydroxylation sites is 1. The lowest BCUT2D eigenvalue weighted by molar-refractivity contribution is 0.677. The molecule has 0 bridgehead atoms. The molecule has 2 aromatic carbocycles. The molecule has 0 spiro atoms. The molecule has 0 saturated carbocycles. The van der Waals surface area contributed by atoms with E-state index in [4.69, 9.17) is 0 Å². The molecule has 0 unspecified atom stereocenters. The molecule has 0 radical (unpaired) electrons. The summed E-state index contributed by atoms with van der Waals surface area (Å²) in [7, 11) is 3.89. The van der Waals surface area contributed by atoms with E-state index in [0.717, 1.165) is 25.6 Å². The quantitative estimate of drug-likeness (QED) is 0.469. The normalized spacial score (nSPS) is 11.3. The molecule has 1 aromatic heterocycles. The van der Waals surface area contributed by atoms with Gasteiger partial charge in [0.1, 0.15) is 0 Å². The van der Waals surface area contributed by atoms with E-state index >= 15 is 0 Å². The maximum absolute atomic E-state index is 4.34. The Hall–Kier alpha value is -3.28. The second kappa shape index (κ2) is 10.2. The van der Waals surface area contributed by atoms with E-state index in [-0.39, 0.29) is 0 Å². The lowest BCUT2D eigenvalue weighted by Gasteiger charge is -2.20. The van der Waals surface area contributed by atoms with Gasteiger partial charge in [-0.05, 0) is 29.3 Å². The molecule has 146 valence electrons. The van der Waals surface area contributed by atoms with Crippen LogP contribution in [-0.2, 0) is 13.1 Å². The number of rotatable bonds is 8. The van der Waals surface area contributed by atoms with Crippen LogP contribution < -0.4 is 15.5 Å². The molecule has 0 aliphatic rings. The van der Waals surface area contributed by atoms with Gasteiger partial charge >= 0.3 is 0 Å². The number of aromatic nitrogens is 2. The van der Waals surface area contributed by atoms with Crippen molar-refractivity contribution >= 4 is 11.6 Å². The van der Waals surface area contributed by atoms with Crippen molar-refractivity contribution in [2.24, 2.45) is 4.99 Å². The molecule has 3 aromatic rings. The second-order valence-electron chi connectivity index (χ2n) is 6.58. The fraction of sp³-hybridized carbons (Fsp3) is 0.273. The van der Waals surface area contributed by atoms with Crippen molar-refractivity contribution < 1.29 is 0 Å². The van der Waals surface area contributed by atoms with Gasteiger partial charge in [0.2, 0.25) is 0 Å². The first kappa shape index (κ1) is 19.5. The summed E-state index contributed by atoms with van der Waals surface area (Å²) in [6.45, 7) is 3.17. The number of nitrogens with zero attached hydrogens (tertiary/aromatic N) is 4. The van der Waals surface area contributed by atoms with Gasteiger partial charge in [0, 0.05) is 51.8 Å². The number of likely N-dealkylation sites (N-methyl/N-ethyl adjacent to an activating group) is 1. The summed E-state index contributed by atoms with van der Waals surface area (Å²) >= 11 is 0. The zero-order valence-corrected chi connectivity index (χ0v) is 16.5. The molecule has 1 heterocycles. The molecule has 0 aliphatic heterocycles. The third-order valence-electron chi connectivity index (χ3n) is 4.62. The van der Waals surface area contributed by atoms with Crippen LogP contribution in [0.15, 0.2) is 78.0 Å². The number of nitrogens with one attached hydrogen (secondary N) is 2. The number of aliphatic imine (C=N–C) groups is 1. The van der Waals surface area contributed by atoms with E-state index in [1.165, 1.54) is 16.8 Å². The van der Waals surface area contributed by atoms with Crippen molar-refractivity contribution in [1.82, 2.24) is 20.4 Å². The van der Waals surface area contributed by atoms with Crippen LogP contribution in [-0.4, -0.2) is 42.9 Å². The van der Waals surface area contributed by atoms with Crippen LogP contribution in [0, 0.1) is 0 Å². The average Bonchev–Trinajstić information content (AvgIpc) is 3.25. The summed E-state index contributed by atoms with van der Waals surface area (Å²) in [4.78, 5) is 6.56. The Morgan fingerprint density at radius 2 is 1.75 bits per heavy atom. The van der Waals surface area contributed by atoms with Crippen LogP contribution in [0.3, 0.4) is 0 Å². The topological polar surface area (TPSA) is 57.5 Å². The maximum Gasteiger partial charge on any atom is 0.191 e. The third-order valence-corrected chi connectivity index (χ3v) is 4.62. The standard InChI is InChI=1S/C22H28N6/c1-23-22(24-14-16-27(2)21-11-4-3-5-12-21)25-17-19-9-6-7-10-20(19)18-28-15-8-13-26-28/h3-13,15H,14,16-18H2,1-2H3,(H2,23,24,25). The Balaban J connectivity index is 1.49. The zero-order chi connectivity index (χ0) is 19.6. The Bertz CT molecular complexity index is 858. The minimum atomic E-state index is 0.714. The summed E-state index contributed by atoms with van der Waals surface area (Å²) in [6, 6.07) is 20.7. The molecular weight excluding hydrogens is 348 g/mol. The monoisotopic (exact) mass is 376 g/mol. The molecule has 0 saturated heterocycles. The number of hydrogen-bond donors (Lipinski definition) is 2. The van der Waals surface area contributed by atoms with Crippen LogP contribution in [0.2, 0.25) is 0 Å². The van der Waals surface area contributed by atoms with E-state index in [9.17, 15) is 0 Å². The van der Waals surface area contributed by atoms with Crippen molar-refractivity contribution in [1.29, 1.82) is 0 Å². The molecule has 3 rings (SSSR count). The van der Waals surface area contributed by atoms with Gasteiger partial charge in [-0.2, -0.15) is 5.10 Å². The predicted octanol–water partition coefficient (Wildman–Crippen LogP) is 2.73. The summed E-state index contributed by atoms with van der Waals surface area (Å²) in [6.07, 6.45) is 3.78. The second-order valence-corrected chi connectivity index (χ2v) is 6.58. The van der Waals surface area contributed by atoms with Gasteiger partial charge in [-0.3, -0.25) is 9.67 Å². The largest absolute Gasteiger partial charge is 0.373 e. The molecule has 0 aliphatic carbocycles. The average molecular weight is 377 g/mol. The van der Waals surface area contributed by atoms with Crippen molar-refractivity contribution in [3.8, 4) is 0 Å². The van der Waals surface area contributed by atoms with Crippen molar-refractivity contribution in [2.45, 2.75) is 13.1 Å². The zero-order valence-electron chi connectivity index (χ0n) is 16.5. The van der Waals surface area contributed by atoms with Gasteiger partial charge in [0.05, 0.1) is 6.54 Å². The minimum Gasteiger partial charge on any atom is -0.373 e. The smallest absolute Gasteiger partial charge is 0.191 e. The Morgan fingerprint density at radius 3 is 2.46 bits per heavy atom. The first-order valence-electron chi connectivity index (χ1n) is 9.51. The van der Waals surface area contributed by atoms with E-state index in [2.05, 4.69) is 81.2 Å². The number of benzene rings is 2. The van der Waals surface area contributed by atoms with Crippen molar-refractivity contribution in [3.63, 3.8) is 0 Å². The number of guanidine groups is 1. The van der Waals surface area contributed by atoms with Gasteiger partial charge in [0.25, 0.3) is 0 Å². The van der Waals surface area contributed by atoms with Crippen LogP contribution >= 0.6 is 0 Å². The lowest BCUT2D eigenvalue weighted by Crippen LogP contribution is -2.40. The summed E-state index contributed by atoms with van der Waals surface area (Å²) in [5.41, 5.74) is 3.69. The van der Waals surface area contributed by atoms with E-state index in [1.807, 2.05) is 23.0 Å². The molecule has 28 heavy (non-hydrogen) atoms. The fourth-order valence-electron chi connectivity index (χ4n) is 3.01. The maximum atomic E-state index is 4.34. The van der Waals surface area contributed by atoms with Crippen LogP contribution in [0.5, 0.6) is 0 Å². The first-order valence-corrected chi connectivity index (χ1v) is 9.51. The summed E-state index contributed by atoms with van der Waals surface area (Å²) in [5.74, 6) is 0.801. The highest BCUT2D eigenvalue weighted by Gasteiger charge is 2.05. The SMILES string of the molecule is CN=C(NCCN(C)c1ccccc1)NCc1ccccc1Cn1cccn1. The molecule has 6 nitrogen and oxygen atoms in total. The fourth-order valence-corrected chi connectivity index (χ4v) is 3.01. The Labute approximate surface area is 166 Å². The van der Waals surface area contributed by atoms with E-state index < -0.39 is 0 Å². The van der Waals surface area contributed by atoms with Crippen molar-refractivity contribution in [3.05, 3.63) is 84.2 Å². The molecule has 2 N–H and O–H groups in total. The van der Waals surface area contributed by atoms with Gasteiger partial charge in [-0.1, -0.05) is 42.5 Å². The highest BCUT2D eigenvalue weighted by Crippen LogP contribution is 2.11. The Kier molecular flexibility index (Phi) is 7.07. The van der Waals surface area contributed by atoms with Gasteiger partial charge < -0.3 is 15.5 Å². The molecular formula is C22H28N6. The van der Waals surface area contributed by atoms with Crippen LogP contribution in [0.4, 0.5) is 5.69 Å². The third kappa shape index (κ3) is 5.61. The predicted molar refractivity (Wildman–Crippen MR) is 116 cm³/mol. The number of hydrogen-bond acceptors (Lipinski definition) is 3. The van der Waals surface area contributed by atoms with E-state index in [0.29, 0.717) is 6.54 Å². The van der Waals surface area contributed by atoms with Crippen molar-refractivity contribution in [2.75, 3.05) is 32.1 Å². The van der Waals surface area contributed by atoms with Gasteiger partial charge in [-0.25, -0.2) is 0 Å². The highest BCUT2D eigenvalue weighted by molar-refractivity contribution is 5.79. The molecule has 0 amide bonds. The minimum absolute atomic E-state index is 0.714. The lowest BCUT2D eigenvalue weighted by atomic mass is 10.1. The first-order chi connectivity index (χ1) is 13.8. The van der Waals surface area contributed by atoms with Gasteiger partial charge in [-0.15, -0.1) is 0 Å². The summed E-state index contributed by atoms with van der Waals surface area (Å²) < 4.78 is 1.94. The van der Waals surface area contributed by atoms with Crippen LogP contribution in [0.25, 0.3) is 0 Å². The Morgan fingerprint density at radius 1 is 1.00 bits per heavy atom.